The van der Waals surface area contributed by atoms with Crippen molar-refractivity contribution in [3.63, 3.8) is 0 Å². The van der Waals surface area contributed by atoms with E-state index >= 15 is 0 Å². The van der Waals surface area contributed by atoms with Gasteiger partial charge in [-0.2, -0.15) is 5.10 Å². The Morgan fingerprint density at radius 3 is 2.96 bits per heavy atom. The third-order valence-electron chi connectivity index (χ3n) is 4.31. The van der Waals surface area contributed by atoms with E-state index in [1.807, 2.05) is 40.1 Å². The molecule has 1 N–H and O–H groups in total. The standard InChI is InChI=1S/C16H26N4O3/c1-15(2,3)23-14(21)20-9-6-16(11-20)13(17-7-10-22-16)12-5-8-19(4)18-12/h5,8,13,17H,6-7,9-11H2,1-4H3. The highest BCUT2D eigenvalue weighted by Crippen LogP contribution is 2.39. The van der Waals surface area contributed by atoms with Crippen molar-refractivity contribution in [1.29, 1.82) is 0 Å². The van der Waals surface area contributed by atoms with Gasteiger partial charge in [-0.1, -0.05) is 0 Å². The summed E-state index contributed by atoms with van der Waals surface area (Å²) in [7, 11) is 1.90. The summed E-state index contributed by atoms with van der Waals surface area (Å²) in [6.07, 6.45) is 2.43. The number of carbonyl (C=O) groups excluding carboxylic acids is 1. The van der Waals surface area contributed by atoms with E-state index in [-0.39, 0.29) is 12.1 Å². The van der Waals surface area contributed by atoms with E-state index in [9.17, 15) is 4.79 Å². The van der Waals surface area contributed by atoms with Crippen LogP contribution in [-0.4, -0.2) is 58.2 Å². The molecule has 2 aliphatic heterocycles. The number of likely N-dealkylation sites (tertiary alicyclic amines) is 1. The lowest BCUT2D eigenvalue weighted by atomic mass is 9.89. The van der Waals surface area contributed by atoms with E-state index in [1.165, 1.54) is 0 Å². The number of morpholine rings is 1. The Hall–Kier alpha value is -1.60. The molecule has 3 heterocycles. The highest BCUT2D eigenvalue weighted by atomic mass is 16.6. The van der Waals surface area contributed by atoms with Gasteiger partial charge in [-0.05, 0) is 33.3 Å². The van der Waals surface area contributed by atoms with Gasteiger partial charge in [0.15, 0.2) is 0 Å². The Morgan fingerprint density at radius 2 is 2.30 bits per heavy atom. The first-order valence-corrected chi connectivity index (χ1v) is 8.14. The van der Waals surface area contributed by atoms with E-state index in [0.717, 1.165) is 18.7 Å². The zero-order valence-electron chi connectivity index (χ0n) is 14.3. The van der Waals surface area contributed by atoms with Gasteiger partial charge in [-0.3, -0.25) is 4.68 Å². The summed E-state index contributed by atoms with van der Waals surface area (Å²) in [5, 5.41) is 8.03. The van der Waals surface area contributed by atoms with Crippen molar-refractivity contribution >= 4 is 6.09 Å². The van der Waals surface area contributed by atoms with Gasteiger partial charge < -0.3 is 19.7 Å². The molecule has 2 fully saturated rings. The number of carbonyl (C=O) groups is 1. The molecule has 2 atom stereocenters. The molecule has 2 unspecified atom stereocenters. The number of aromatic nitrogens is 2. The van der Waals surface area contributed by atoms with Crippen LogP contribution >= 0.6 is 0 Å². The van der Waals surface area contributed by atoms with Gasteiger partial charge in [-0.25, -0.2) is 4.79 Å². The molecule has 0 saturated carbocycles. The van der Waals surface area contributed by atoms with Crippen molar-refractivity contribution in [2.45, 2.75) is 44.4 Å². The maximum Gasteiger partial charge on any atom is 0.410 e. The van der Waals surface area contributed by atoms with Crippen LogP contribution < -0.4 is 5.32 Å². The van der Waals surface area contributed by atoms with E-state index in [0.29, 0.717) is 19.7 Å². The molecular formula is C16H26N4O3. The van der Waals surface area contributed by atoms with Crippen LogP contribution in [0.2, 0.25) is 0 Å². The monoisotopic (exact) mass is 322 g/mol. The number of hydrogen-bond acceptors (Lipinski definition) is 5. The molecule has 0 aliphatic carbocycles. The molecule has 128 valence electrons. The second-order valence-electron chi connectivity index (χ2n) is 7.37. The van der Waals surface area contributed by atoms with Crippen LogP contribution in [0.3, 0.4) is 0 Å². The van der Waals surface area contributed by atoms with Crippen LogP contribution in [0.25, 0.3) is 0 Å². The fourth-order valence-corrected chi connectivity index (χ4v) is 3.33. The Bertz CT molecular complexity index is 580. The van der Waals surface area contributed by atoms with Crippen LogP contribution in [0.5, 0.6) is 0 Å². The maximum atomic E-state index is 12.3. The van der Waals surface area contributed by atoms with Gasteiger partial charge in [-0.15, -0.1) is 0 Å². The van der Waals surface area contributed by atoms with Crippen molar-refractivity contribution in [3.05, 3.63) is 18.0 Å². The lowest BCUT2D eigenvalue weighted by molar-refractivity contribution is -0.0912. The average Bonchev–Trinajstić information content (AvgIpc) is 3.05. The zero-order chi connectivity index (χ0) is 16.7. The van der Waals surface area contributed by atoms with E-state index in [2.05, 4.69) is 10.4 Å². The SMILES string of the molecule is Cn1ccc(C2NCCOC23CCN(C(=O)OC(C)(C)C)C3)n1. The topological polar surface area (TPSA) is 68.6 Å². The first-order chi connectivity index (χ1) is 10.8. The van der Waals surface area contributed by atoms with Gasteiger partial charge in [0, 0.05) is 26.3 Å². The minimum atomic E-state index is -0.487. The van der Waals surface area contributed by atoms with Gasteiger partial charge in [0.2, 0.25) is 0 Å². The number of nitrogens with one attached hydrogen (secondary N) is 1. The van der Waals surface area contributed by atoms with E-state index < -0.39 is 11.2 Å². The van der Waals surface area contributed by atoms with Gasteiger partial charge in [0.25, 0.3) is 0 Å². The second-order valence-corrected chi connectivity index (χ2v) is 7.37. The minimum Gasteiger partial charge on any atom is -0.444 e. The fraction of sp³-hybridized carbons (Fsp3) is 0.750. The predicted octanol–water partition coefficient (Wildman–Crippen LogP) is 1.46. The smallest absolute Gasteiger partial charge is 0.410 e. The van der Waals surface area contributed by atoms with E-state index in [4.69, 9.17) is 9.47 Å². The number of hydrogen-bond donors (Lipinski definition) is 1. The molecule has 0 bridgehead atoms. The minimum absolute atomic E-state index is 0.00936. The number of aryl methyl sites for hydroxylation is 1. The Labute approximate surface area is 136 Å². The van der Waals surface area contributed by atoms with Gasteiger partial charge in [0.1, 0.15) is 11.2 Å². The number of nitrogens with zero attached hydrogens (tertiary/aromatic N) is 3. The summed E-state index contributed by atoms with van der Waals surface area (Å²) >= 11 is 0. The normalized spacial score (nSPS) is 28.3. The Morgan fingerprint density at radius 1 is 1.52 bits per heavy atom. The molecule has 7 heteroatoms. The van der Waals surface area contributed by atoms with Crippen LogP contribution in [0.15, 0.2) is 12.3 Å². The molecule has 1 spiro atoms. The van der Waals surface area contributed by atoms with Crippen LogP contribution in [0, 0.1) is 0 Å². The van der Waals surface area contributed by atoms with Crippen LogP contribution in [0.4, 0.5) is 4.79 Å². The van der Waals surface area contributed by atoms with Gasteiger partial charge in [0.05, 0.1) is 24.9 Å². The molecule has 7 nitrogen and oxygen atoms in total. The fourth-order valence-electron chi connectivity index (χ4n) is 3.33. The van der Waals surface area contributed by atoms with Crippen molar-refractivity contribution in [3.8, 4) is 0 Å². The van der Waals surface area contributed by atoms with Crippen LogP contribution in [-0.2, 0) is 16.5 Å². The number of ether oxygens (including phenoxy) is 2. The Balaban J connectivity index is 1.76. The molecule has 1 amide bonds. The average molecular weight is 322 g/mol. The number of rotatable bonds is 1. The highest BCUT2D eigenvalue weighted by Gasteiger charge is 2.50. The summed E-state index contributed by atoms with van der Waals surface area (Å²) in [4.78, 5) is 14.1. The molecule has 3 rings (SSSR count). The lowest BCUT2D eigenvalue weighted by Crippen LogP contribution is -2.54. The molecule has 1 aromatic rings. The first-order valence-electron chi connectivity index (χ1n) is 8.14. The van der Waals surface area contributed by atoms with Crippen molar-refractivity contribution < 1.29 is 14.3 Å². The van der Waals surface area contributed by atoms with Gasteiger partial charge >= 0.3 is 6.09 Å². The quantitative estimate of drug-likeness (QED) is 0.848. The van der Waals surface area contributed by atoms with Crippen molar-refractivity contribution in [2.24, 2.45) is 7.05 Å². The molecular weight excluding hydrogens is 296 g/mol. The molecule has 2 aliphatic rings. The third-order valence-corrected chi connectivity index (χ3v) is 4.31. The van der Waals surface area contributed by atoms with Crippen molar-refractivity contribution in [2.75, 3.05) is 26.2 Å². The molecule has 23 heavy (non-hydrogen) atoms. The highest BCUT2D eigenvalue weighted by molar-refractivity contribution is 5.68. The number of amides is 1. The molecule has 0 radical (unpaired) electrons. The Kier molecular flexibility index (Phi) is 4.10. The van der Waals surface area contributed by atoms with Crippen molar-refractivity contribution in [1.82, 2.24) is 20.0 Å². The molecule has 0 aromatic carbocycles. The maximum absolute atomic E-state index is 12.3. The second kappa shape index (κ2) is 5.79. The predicted molar refractivity (Wildman–Crippen MR) is 85.1 cm³/mol. The molecule has 1 aromatic heterocycles. The first kappa shape index (κ1) is 16.3. The molecule has 2 saturated heterocycles. The summed E-state index contributed by atoms with van der Waals surface area (Å²) in [6.45, 7) is 8.24. The summed E-state index contributed by atoms with van der Waals surface area (Å²) < 4.78 is 13.4. The summed E-state index contributed by atoms with van der Waals surface area (Å²) in [5.41, 5.74) is 0.0424. The largest absolute Gasteiger partial charge is 0.444 e. The van der Waals surface area contributed by atoms with Crippen LogP contribution in [0.1, 0.15) is 38.9 Å². The summed E-state index contributed by atoms with van der Waals surface area (Å²) in [5.74, 6) is 0. The van der Waals surface area contributed by atoms with E-state index in [1.54, 1.807) is 9.58 Å². The lowest BCUT2D eigenvalue weighted by Gasteiger charge is -2.41. The zero-order valence-corrected chi connectivity index (χ0v) is 14.3. The summed E-state index contributed by atoms with van der Waals surface area (Å²) in [6, 6.07) is 1.99. The third kappa shape index (κ3) is 3.35.